The van der Waals surface area contributed by atoms with Crippen molar-refractivity contribution in [2.45, 2.75) is 6.42 Å². The highest BCUT2D eigenvalue weighted by atomic mass is 16.1. The van der Waals surface area contributed by atoms with Crippen LogP contribution in [0.4, 0.5) is 0 Å². The molecule has 0 unspecified atom stereocenters. The Morgan fingerprint density at radius 1 is 0.571 bits per heavy atom. The van der Waals surface area contributed by atoms with Crippen LogP contribution in [0.5, 0.6) is 0 Å². The Morgan fingerprint density at radius 3 is 1.61 bits per heavy atom. The van der Waals surface area contributed by atoms with E-state index >= 15 is 0 Å². The average Bonchev–Trinajstić information content (AvgIpc) is 3.13. The zero-order valence-corrected chi connectivity index (χ0v) is 15.5. The summed E-state index contributed by atoms with van der Waals surface area (Å²) in [6.45, 7) is 0. The maximum Gasteiger partial charge on any atom is 0.249 e. The van der Waals surface area contributed by atoms with Crippen LogP contribution in [-0.2, 0) is 6.42 Å². The van der Waals surface area contributed by atoms with E-state index in [4.69, 9.17) is 5.73 Å². The van der Waals surface area contributed by atoms with Crippen molar-refractivity contribution in [3.05, 3.63) is 120 Å². The van der Waals surface area contributed by atoms with Crippen molar-refractivity contribution < 1.29 is 4.79 Å². The maximum absolute atomic E-state index is 11.2. The molecule has 2 nitrogen and oxygen atoms in total. The molecule has 0 spiro atoms. The third-order valence-corrected chi connectivity index (χ3v) is 4.98. The summed E-state index contributed by atoms with van der Waals surface area (Å²) in [6.07, 6.45) is 1.10. The first-order valence-corrected chi connectivity index (χ1v) is 9.34. The zero-order valence-electron chi connectivity index (χ0n) is 15.5. The predicted molar refractivity (Wildman–Crippen MR) is 115 cm³/mol. The van der Waals surface area contributed by atoms with Gasteiger partial charge in [-0.05, 0) is 45.9 Å². The fourth-order valence-electron chi connectivity index (χ4n) is 3.65. The largest absolute Gasteiger partial charge is 0.366 e. The third kappa shape index (κ3) is 3.58. The lowest BCUT2D eigenvalue weighted by molar-refractivity contribution is 0.100. The smallest absolute Gasteiger partial charge is 0.249 e. The molecule has 1 amide bonds. The molecule has 1 aliphatic rings. The van der Waals surface area contributed by atoms with Crippen molar-refractivity contribution in [1.82, 2.24) is 0 Å². The molecular formula is C26H21NO. The second-order valence-electron chi connectivity index (χ2n) is 6.77. The number of hydrogen-bond donors (Lipinski definition) is 1. The predicted octanol–water partition coefficient (Wildman–Crippen LogP) is 5.71. The van der Waals surface area contributed by atoms with Crippen molar-refractivity contribution in [3.63, 3.8) is 0 Å². The van der Waals surface area contributed by atoms with Crippen molar-refractivity contribution >= 4 is 5.91 Å². The van der Waals surface area contributed by atoms with E-state index in [-0.39, 0.29) is 0 Å². The number of rotatable bonds is 2. The zero-order chi connectivity index (χ0) is 19.3. The summed E-state index contributed by atoms with van der Waals surface area (Å²) < 4.78 is 0. The second kappa shape index (κ2) is 7.93. The average molecular weight is 363 g/mol. The van der Waals surface area contributed by atoms with Crippen LogP contribution >= 0.6 is 0 Å². The summed E-state index contributed by atoms with van der Waals surface area (Å²) in [5.41, 5.74) is 13.5. The first-order valence-electron chi connectivity index (χ1n) is 9.34. The SMILES string of the molecule is NC(=O)c1ccccc1-c1ccccc1.c1ccc2c(c1)Cc1ccccc1-2. The van der Waals surface area contributed by atoms with Gasteiger partial charge in [-0.15, -0.1) is 0 Å². The van der Waals surface area contributed by atoms with Crippen LogP contribution in [0.3, 0.4) is 0 Å². The second-order valence-corrected chi connectivity index (χ2v) is 6.77. The van der Waals surface area contributed by atoms with E-state index in [1.807, 2.05) is 48.5 Å². The first-order chi connectivity index (χ1) is 13.7. The Balaban J connectivity index is 0.000000138. The van der Waals surface area contributed by atoms with E-state index in [0.717, 1.165) is 17.5 Å². The van der Waals surface area contributed by atoms with Gasteiger partial charge in [0.15, 0.2) is 0 Å². The molecule has 0 saturated heterocycles. The molecule has 4 aromatic rings. The molecule has 4 aromatic carbocycles. The molecule has 1 aliphatic carbocycles. The fraction of sp³-hybridized carbons (Fsp3) is 0.0385. The van der Waals surface area contributed by atoms with Gasteiger partial charge in [0.25, 0.3) is 0 Å². The van der Waals surface area contributed by atoms with Crippen LogP contribution in [0.1, 0.15) is 21.5 Å². The molecule has 0 radical (unpaired) electrons. The Morgan fingerprint density at radius 2 is 1.04 bits per heavy atom. The molecular weight excluding hydrogens is 342 g/mol. The van der Waals surface area contributed by atoms with Gasteiger partial charge >= 0.3 is 0 Å². The van der Waals surface area contributed by atoms with E-state index in [0.29, 0.717) is 5.56 Å². The van der Waals surface area contributed by atoms with Crippen molar-refractivity contribution in [3.8, 4) is 22.3 Å². The third-order valence-electron chi connectivity index (χ3n) is 4.98. The van der Waals surface area contributed by atoms with Gasteiger partial charge in [-0.25, -0.2) is 0 Å². The lowest BCUT2D eigenvalue weighted by atomic mass is 9.99. The van der Waals surface area contributed by atoms with Crippen LogP contribution in [0, 0.1) is 0 Å². The van der Waals surface area contributed by atoms with Gasteiger partial charge in [-0.3, -0.25) is 4.79 Å². The Bertz CT molecular complexity index is 1070. The number of hydrogen-bond acceptors (Lipinski definition) is 1. The minimum atomic E-state index is -0.394. The topological polar surface area (TPSA) is 43.1 Å². The normalized spacial score (nSPS) is 11.0. The number of primary amides is 1. The maximum atomic E-state index is 11.2. The molecule has 2 N–H and O–H groups in total. The lowest BCUT2D eigenvalue weighted by Gasteiger charge is -2.05. The van der Waals surface area contributed by atoms with Crippen LogP contribution in [0.15, 0.2) is 103 Å². The van der Waals surface area contributed by atoms with Crippen molar-refractivity contribution in [1.29, 1.82) is 0 Å². The van der Waals surface area contributed by atoms with Gasteiger partial charge in [-0.1, -0.05) is 97.1 Å². The Hall–Kier alpha value is -3.65. The molecule has 0 atom stereocenters. The van der Waals surface area contributed by atoms with E-state index < -0.39 is 5.91 Å². The van der Waals surface area contributed by atoms with Crippen molar-refractivity contribution in [2.75, 3.05) is 0 Å². The van der Waals surface area contributed by atoms with Crippen LogP contribution in [0.25, 0.3) is 22.3 Å². The van der Waals surface area contributed by atoms with Gasteiger partial charge < -0.3 is 5.73 Å². The number of nitrogens with two attached hydrogens (primary N) is 1. The van der Waals surface area contributed by atoms with Crippen LogP contribution < -0.4 is 5.73 Å². The lowest BCUT2D eigenvalue weighted by Crippen LogP contribution is -2.12. The number of carbonyl (C=O) groups excluding carboxylic acids is 1. The summed E-state index contributed by atoms with van der Waals surface area (Å²) in [7, 11) is 0. The summed E-state index contributed by atoms with van der Waals surface area (Å²) in [6, 6.07) is 34.4. The van der Waals surface area contributed by atoms with E-state index in [1.165, 1.54) is 22.3 Å². The Labute approximate surface area is 165 Å². The summed E-state index contributed by atoms with van der Waals surface area (Å²) in [4.78, 5) is 11.2. The van der Waals surface area contributed by atoms with Gasteiger partial charge in [-0.2, -0.15) is 0 Å². The molecule has 2 heteroatoms. The first kappa shape index (κ1) is 17.7. The quantitative estimate of drug-likeness (QED) is 0.429. The number of fused-ring (bicyclic) bond motifs is 3. The fourth-order valence-corrected chi connectivity index (χ4v) is 3.65. The molecule has 0 aliphatic heterocycles. The minimum absolute atomic E-state index is 0.394. The summed E-state index contributed by atoms with van der Waals surface area (Å²) >= 11 is 0. The van der Waals surface area contributed by atoms with Crippen LogP contribution in [0.2, 0.25) is 0 Å². The highest BCUT2D eigenvalue weighted by molar-refractivity contribution is 5.99. The molecule has 5 rings (SSSR count). The highest BCUT2D eigenvalue weighted by Crippen LogP contribution is 2.35. The molecule has 0 heterocycles. The number of carbonyl (C=O) groups is 1. The molecule has 0 fully saturated rings. The summed E-state index contributed by atoms with van der Waals surface area (Å²) in [5, 5.41) is 0. The number of benzene rings is 4. The van der Waals surface area contributed by atoms with Crippen LogP contribution in [-0.4, -0.2) is 5.91 Å². The molecule has 136 valence electrons. The highest BCUT2D eigenvalue weighted by Gasteiger charge is 2.15. The molecule has 0 aromatic heterocycles. The molecule has 0 saturated carbocycles. The van der Waals surface area contributed by atoms with Gasteiger partial charge in [0, 0.05) is 5.56 Å². The molecule has 0 bridgehead atoms. The Kier molecular flexibility index (Phi) is 5.03. The standard InChI is InChI=1S/C13H11NO.C13H10/c14-13(15)12-9-5-4-8-11(12)10-6-2-1-3-7-10;1-3-7-12-10(5-1)9-11-6-2-4-8-13(11)12/h1-9H,(H2,14,15);1-8H,9H2. The van der Waals surface area contributed by atoms with Gasteiger partial charge in [0.05, 0.1) is 0 Å². The van der Waals surface area contributed by atoms with Gasteiger partial charge in [0.1, 0.15) is 0 Å². The monoisotopic (exact) mass is 363 g/mol. The van der Waals surface area contributed by atoms with Gasteiger partial charge in [0.2, 0.25) is 5.91 Å². The number of amides is 1. The summed E-state index contributed by atoms with van der Waals surface area (Å²) in [5.74, 6) is -0.394. The van der Waals surface area contributed by atoms with E-state index in [2.05, 4.69) is 48.5 Å². The minimum Gasteiger partial charge on any atom is -0.366 e. The molecule has 28 heavy (non-hydrogen) atoms. The van der Waals surface area contributed by atoms with Crippen molar-refractivity contribution in [2.24, 2.45) is 5.73 Å². The van der Waals surface area contributed by atoms with E-state index in [1.54, 1.807) is 6.07 Å². The van der Waals surface area contributed by atoms with E-state index in [9.17, 15) is 4.79 Å².